The maximum Gasteiger partial charge on any atom is 0.162 e. The fraction of sp³-hybridized carbons (Fsp3) is 0.600. The number of hydrogen-bond acceptors (Lipinski definition) is 4. The van der Waals surface area contributed by atoms with Gasteiger partial charge in [-0.15, -0.1) is 0 Å². The van der Waals surface area contributed by atoms with Crippen molar-refractivity contribution in [3.63, 3.8) is 0 Å². The zero-order chi connectivity index (χ0) is 13.9. The largest absolute Gasteiger partial charge is 0.490 e. The van der Waals surface area contributed by atoms with Crippen LogP contribution in [0.4, 0.5) is 0 Å². The first kappa shape index (κ1) is 14.2. The van der Waals surface area contributed by atoms with E-state index in [2.05, 4.69) is 15.9 Å². The van der Waals surface area contributed by atoms with E-state index in [1.807, 2.05) is 12.1 Å². The number of benzene rings is 1. The van der Waals surface area contributed by atoms with Crippen LogP contribution in [0.25, 0.3) is 0 Å². The van der Waals surface area contributed by atoms with Gasteiger partial charge in [0.05, 0.1) is 19.3 Å². The second kappa shape index (κ2) is 6.33. The summed E-state index contributed by atoms with van der Waals surface area (Å²) >= 11 is 3.54. The van der Waals surface area contributed by atoms with E-state index in [9.17, 15) is 5.11 Å². The van der Waals surface area contributed by atoms with Crippen LogP contribution >= 0.6 is 15.9 Å². The average Bonchev–Trinajstić information content (AvgIpc) is 2.71. The Morgan fingerprint density at radius 2 is 1.70 bits per heavy atom. The van der Waals surface area contributed by atoms with Crippen LogP contribution in [0.3, 0.4) is 0 Å². The molecule has 1 unspecified atom stereocenters. The molecule has 2 heterocycles. The van der Waals surface area contributed by atoms with Crippen molar-refractivity contribution in [3.8, 4) is 11.5 Å². The van der Waals surface area contributed by atoms with Crippen LogP contribution in [0.15, 0.2) is 16.6 Å². The molecule has 0 aromatic heterocycles. The first-order valence-corrected chi connectivity index (χ1v) is 7.90. The highest BCUT2D eigenvalue weighted by atomic mass is 79.9. The maximum atomic E-state index is 10.6. The quantitative estimate of drug-likeness (QED) is 0.897. The van der Waals surface area contributed by atoms with Crippen molar-refractivity contribution in [3.05, 3.63) is 22.2 Å². The van der Waals surface area contributed by atoms with Gasteiger partial charge in [-0.1, -0.05) is 15.9 Å². The molecule has 2 aliphatic heterocycles. The van der Waals surface area contributed by atoms with Crippen molar-refractivity contribution in [2.45, 2.75) is 25.4 Å². The van der Waals surface area contributed by atoms with Gasteiger partial charge in [0.1, 0.15) is 0 Å². The molecule has 1 saturated heterocycles. The molecule has 1 atom stereocenters. The van der Waals surface area contributed by atoms with Crippen LogP contribution in [0.5, 0.6) is 11.5 Å². The third-order valence-corrected chi connectivity index (χ3v) is 4.58. The molecule has 1 fully saturated rings. The van der Waals surface area contributed by atoms with Crippen LogP contribution in [0.2, 0.25) is 0 Å². The average molecular weight is 343 g/mol. The molecule has 1 aromatic rings. The Bertz CT molecular complexity index is 471. The predicted octanol–water partition coefficient (Wildman–Crippen LogP) is 3.07. The van der Waals surface area contributed by atoms with E-state index in [0.717, 1.165) is 54.0 Å². The van der Waals surface area contributed by atoms with E-state index in [-0.39, 0.29) is 5.92 Å². The Morgan fingerprint density at radius 3 is 2.40 bits per heavy atom. The zero-order valence-corrected chi connectivity index (χ0v) is 12.9. The molecular formula is C15H19BrO4. The number of hydrogen-bond donors (Lipinski definition) is 1. The lowest BCUT2D eigenvalue weighted by molar-refractivity contribution is 0.00683. The van der Waals surface area contributed by atoms with Gasteiger partial charge < -0.3 is 19.3 Å². The molecule has 3 rings (SSSR count). The minimum Gasteiger partial charge on any atom is -0.490 e. The van der Waals surface area contributed by atoms with Gasteiger partial charge in [-0.05, 0) is 36.5 Å². The van der Waals surface area contributed by atoms with Crippen LogP contribution < -0.4 is 9.47 Å². The Hall–Kier alpha value is -0.780. The summed E-state index contributed by atoms with van der Waals surface area (Å²) in [5.41, 5.74) is 0.876. The van der Waals surface area contributed by atoms with Gasteiger partial charge in [-0.25, -0.2) is 0 Å². The minimum atomic E-state index is -0.495. The molecule has 4 nitrogen and oxygen atoms in total. The van der Waals surface area contributed by atoms with Gasteiger partial charge >= 0.3 is 0 Å². The van der Waals surface area contributed by atoms with Crippen LogP contribution in [-0.4, -0.2) is 31.5 Å². The van der Waals surface area contributed by atoms with Gasteiger partial charge in [0.15, 0.2) is 11.5 Å². The lowest BCUT2D eigenvalue weighted by atomic mass is 9.89. The van der Waals surface area contributed by atoms with E-state index in [0.29, 0.717) is 13.2 Å². The van der Waals surface area contributed by atoms with Gasteiger partial charge in [0, 0.05) is 24.1 Å². The highest BCUT2D eigenvalue weighted by Gasteiger charge is 2.26. The molecule has 0 radical (unpaired) electrons. The van der Waals surface area contributed by atoms with Crippen molar-refractivity contribution in [1.82, 2.24) is 0 Å². The number of rotatable bonds is 2. The van der Waals surface area contributed by atoms with E-state index < -0.39 is 6.10 Å². The summed E-state index contributed by atoms with van der Waals surface area (Å²) in [6, 6.07) is 3.81. The molecule has 5 heteroatoms. The molecule has 0 amide bonds. The first-order chi connectivity index (χ1) is 9.75. The predicted molar refractivity (Wildman–Crippen MR) is 78.3 cm³/mol. The summed E-state index contributed by atoms with van der Waals surface area (Å²) in [6.07, 6.45) is 2.17. The summed E-state index contributed by atoms with van der Waals surface area (Å²) in [4.78, 5) is 0. The van der Waals surface area contributed by atoms with Gasteiger partial charge in [-0.2, -0.15) is 0 Å². The summed E-state index contributed by atoms with van der Waals surface area (Å²) in [5, 5.41) is 10.6. The van der Waals surface area contributed by atoms with Crippen molar-refractivity contribution in [2.24, 2.45) is 5.92 Å². The first-order valence-electron chi connectivity index (χ1n) is 7.10. The third-order valence-electron chi connectivity index (χ3n) is 3.90. The molecule has 2 aliphatic rings. The summed E-state index contributed by atoms with van der Waals surface area (Å²) in [6.45, 7) is 2.77. The summed E-state index contributed by atoms with van der Waals surface area (Å²) in [5.74, 6) is 1.72. The Morgan fingerprint density at radius 1 is 1.05 bits per heavy atom. The smallest absolute Gasteiger partial charge is 0.162 e. The molecule has 0 bridgehead atoms. The van der Waals surface area contributed by atoms with Crippen LogP contribution in [0.1, 0.15) is 30.9 Å². The van der Waals surface area contributed by atoms with Gasteiger partial charge in [0.2, 0.25) is 0 Å². The fourth-order valence-electron chi connectivity index (χ4n) is 2.71. The Labute approximate surface area is 127 Å². The van der Waals surface area contributed by atoms with Crippen molar-refractivity contribution in [1.29, 1.82) is 0 Å². The second-order valence-electron chi connectivity index (χ2n) is 5.27. The number of ether oxygens (including phenoxy) is 3. The van der Waals surface area contributed by atoms with Gasteiger partial charge in [-0.3, -0.25) is 0 Å². The molecular weight excluding hydrogens is 324 g/mol. The number of aliphatic hydroxyl groups is 1. The Balaban J connectivity index is 1.86. The maximum absolute atomic E-state index is 10.6. The topological polar surface area (TPSA) is 47.9 Å². The third kappa shape index (κ3) is 2.95. The number of halogens is 1. The van der Waals surface area contributed by atoms with Crippen molar-refractivity contribution >= 4 is 15.9 Å². The number of aliphatic hydroxyl groups excluding tert-OH is 1. The minimum absolute atomic E-state index is 0.241. The van der Waals surface area contributed by atoms with Crippen LogP contribution in [-0.2, 0) is 4.74 Å². The second-order valence-corrected chi connectivity index (χ2v) is 6.12. The molecule has 20 heavy (non-hydrogen) atoms. The molecule has 0 aliphatic carbocycles. The zero-order valence-electron chi connectivity index (χ0n) is 11.3. The van der Waals surface area contributed by atoms with Crippen molar-refractivity contribution in [2.75, 3.05) is 26.4 Å². The molecule has 1 aromatic carbocycles. The lowest BCUT2D eigenvalue weighted by Gasteiger charge is -2.28. The molecule has 0 spiro atoms. The summed E-state index contributed by atoms with van der Waals surface area (Å²) < 4.78 is 17.6. The highest BCUT2D eigenvalue weighted by Crippen LogP contribution is 2.40. The summed E-state index contributed by atoms with van der Waals surface area (Å²) in [7, 11) is 0. The monoisotopic (exact) mass is 342 g/mol. The molecule has 0 saturated carbocycles. The van der Waals surface area contributed by atoms with Gasteiger partial charge in [0.25, 0.3) is 0 Å². The normalized spacial score (nSPS) is 21.3. The fourth-order valence-corrected chi connectivity index (χ4v) is 3.27. The van der Waals surface area contributed by atoms with Crippen LogP contribution in [0, 0.1) is 5.92 Å². The highest BCUT2D eigenvalue weighted by molar-refractivity contribution is 9.10. The number of fused-ring (bicyclic) bond motifs is 1. The van der Waals surface area contributed by atoms with Crippen molar-refractivity contribution < 1.29 is 19.3 Å². The lowest BCUT2D eigenvalue weighted by Crippen LogP contribution is -2.22. The standard InChI is InChI=1S/C15H19BrO4/c16-12-9-14-13(19-4-1-5-20-14)8-11(12)15(17)10-2-6-18-7-3-10/h8-10,15,17H,1-7H2. The SMILES string of the molecule is OC(c1cc2c(cc1Br)OCCCO2)C1CCOCC1. The Kier molecular flexibility index (Phi) is 4.48. The molecule has 110 valence electrons. The van der Waals surface area contributed by atoms with E-state index in [4.69, 9.17) is 14.2 Å². The van der Waals surface area contributed by atoms with E-state index >= 15 is 0 Å². The molecule has 1 N–H and O–H groups in total. The van der Waals surface area contributed by atoms with E-state index in [1.165, 1.54) is 0 Å². The van der Waals surface area contributed by atoms with E-state index in [1.54, 1.807) is 0 Å².